The molecular formula is C14H18O4. The molecule has 4 nitrogen and oxygen atoms in total. The minimum atomic E-state index is -0.365. The predicted molar refractivity (Wildman–Crippen MR) is 66.6 cm³/mol. The van der Waals surface area contributed by atoms with Crippen LogP contribution in [-0.2, 0) is 9.47 Å². The molecule has 1 fully saturated rings. The van der Waals surface area contributed by atoms with Gasteiger partial charge in [0.1, 0.15) is 5.75 Å². The minimum Gasteiger partial charge on any atom is -0.497 e. The van der Waals surface area contributed by atoms with Crippen molar-refractivity contribution in [2.75, 3.05) is 13.9 Å². The van der Waals surface area contributed by atoms with E-state index in [1.54, 1.807) is 31.4 Å². The molecule has 0 amide bonds. The Morgan fingerprint density at radius 3 is 2.50 bits per heavy atom. The zero-order chi connectivity index (χ0) is 12.8. The Morgan fingerprint density at radius 1 is 1.22 bits per heavy atom. The van der Waals surface area contributed by atoms with Crippen molar-refractivity contribution < 1.29 is 19.0 Å². The van der Waals surface area contributed by atoms with Crippen molar-refractivity contribution in [2.24, 2.45) is 0 Å². The second-order valence-corrected chi connectivity index (χ2v) is 4.35. The zero-order valence-electron chi connectivity index (χ0n) is 10.6. The summed E-state index contributed by atoms with van der Waals surface area (Å²) in [5.74, 6) is 0.351. The van der Waals surface area contributed by atoms with Crippen LogP contribution < -0.4 is 4.74 Å². The SMILES string of the molecule is COc1ccc(C(=O)OCOC2CCCC2)cc1. The number of esters is 1. The van der Waals surface area contributed by atoms with Gasteiger partial charge in [0.05, 0.1) is 18.8 Å². The minimum absolute atomic E-state index is 0.0372. The van der Waals surface area contributed by atoms with E-state index >= 15 is 0 Å². The third-order valence-electron chi connectivity index (χ3n) is 3.12. The van der Waals surface area contributed by atoms with E-state index in [1.807, 2.05) is 0 Å². The summed E-state index contributed by atoms with van der Waals surface area (Å²) in [5.41, 5.74) is 0.505. The Labute approximate surface area is 107 Å². The summed E-state index contributed by atoms with van der Waals surface area (Å²) >= 11 is 0. The monoisotopic (exact) mass is 250 g/mol. The summed E-state index contributed by atoms with van der Waals surface area (Å²) in [6, 6.07) is 6.82. The number of carbonyl (C=O) groups excluding carboxylic acids is 1. The topological polar surface area (TPSA) is 44.8 Å². The van der Waals surface area contributed by atoms with Crippen LogP contribution in [0.1, 0.15) is 36.0 Å². The molecule has 0 N–H and O–H groups in total. The van der Waals surface area contributed by atoms with Crippen LogP contribution in [0.5, 0.6) is 5.75 Å². The second-order valence-electron chi connectivity index (χ2n) is 4.35. The van der Waals surface area contributed by atoms with Gasteiger partial charge in [-0.05, 0) is 37.1 Å². The maximum Gasteiger partial charge on any atom is 0.340 e. The van der Waals surface area contributed by atoms with Gasteiger partial charge in [0.15, 0.2) is 6.79 Å². The van der Waals surface area contributed by atoms with Gasteiger partial charge in [0.25, 0.3) is 0 Å². The predicted octanol–water partition coefficient (Wildman–Crippen LogP) is 2.77. The van der Waals surface area contributed by atoms with E-state index in [0.717, 1.165) is 12.8 Å². The first-order chi connectivity index (χ1) is 8.79. The number of hydrogen-bond donors (Lipinski definition) is 0. The molecule has 0 aliphatic heterocycles. The summed E-state index contributed by atoms with van der Waals surface area (Å²) in [6.45, 7) is 0.0372. The average molecular weight is 250 g/mol. The first-order valence-electron chi connectivity index (χ1n) is 6.22. The Kier molecular flexibility index (Phi) is 4.59. The third kappa shape index (κ3) is 3.47. The number of methoxy groups -OCH3 is 1. The Bertz CT molecular complexity index is 379. The molecule has 1 saturated carbocycles. The number of hydrogen-bond acceptors (Lipinski definition) is 4. The fourth-order valence-corrected chi connectivity index (χ4v) is 2.05. The largest absolute Gasteiger partial charge is 0.497 e. The van der Waals surface area contributed by atoms with Crippen molar-refractivity contribution in [1.29, 1.82) is 0 Å². The van der Waals surface area contributed by atoms with Crippen molar-refractivity contribution in [3.8, 4) is 5.75 Å². The Morgan fingerprint density at radius 2 is 1.89 bits per heavy atom. The first kappa shape index (κ1) is 12.9. The van der Waals surface area contributed by atoms with Crippen molar-refractivity contribution in [1.82, 2.24) is 0 Å². The van der Waals surface area contributed by atoms with Crippen LogP contribution in [0.25, 0.3) is 0 Å². The molecule has 0 unspecified atom stereocenters. The van der Waals surface area contributed by atoms with E-state index in [1.165, 1.54) is 12.8 Å². The summed E-state index contributed by atoms with van der Waals surface area (Å²) in [4.78, 5) is 11.7. The molecule has 18 heavy (non-hydrogen) atoms. The van der Waals surface area contributed by atoms with Crippen LogP contribution in [-0.4, -0.2) is 26.0 Å². The standard InChI is InChI=1S/C14H18O4/c1-16-12-8-6-11(7-9-12)14(15)18-10-17-13-4-2-3-5-13/h6-9,13H,2-5,10H2,1H3. The van der Waals surface area contributed by atoms with Crippen molar-refractivity contribution in [2.45, 2.75) is 31.8 Å². The van der Waals surface area contributed by atoms with Gasteiger partial charge in [-0.2, -0.15) is 0 Å². The van der Waals surface area contributed by atoms with Crippen molar-refractivity contribution >= 4 is 5.97 Å². The van der Waals surface area contributed by atoms with Crippen LogP contribution in [0.2, 0.25) is 0 Å². The summed E-state index contributed by atoms with van der Waals surface area (Å²) < 4.78 is 15.6. The highest BCUT2D eigenvalue weighted by Crippen LogP contribution is 2.20. The molecule has 0 heterocycles. The second kappa shape index (κ2) is 6.40. The maximum atomic E-state index is 11.7. The lowest BCUT2D eigenvalue weighted by Gasteiger charge is -2.11. The zero-order valence-corrected chi connectivity index (χ0v) is 10.6. The molecule has 1 aromatic carbocycles. The summed E-state index contributed by atoms with van der Waals surface area (Å²) in [6.07, 6.45) is 4.81. The fourth-order valence-electron chi connectivity index (χ4n) is 2.05. The highest BCUT2D eigenvalue weighted by atomic mass is 16.7. The molecule has 0 atom stereocenters. The number of ether oxygens (including phenoxy) is 3. The smallest absolute Gasteiger partial charge is 0.340 e. The molecule has 4 heteroatoms. The number of benzene rings is 1. The molecule has 98 valence electrons. The molecule has 1 aliphatic carbocycles. The van der Waals surface area contributed by atoms with Crippen LogP contribution >= 0.6 is 0 Å². The molecular weight excluding hydrogens is 232 g/mol. The van der Waals surface area contributed by atoms with E-state index in [0.29, 0.717) is 11.3 Å². The van der Waals surface area contributed by atoms with Gasteiger partial charge in [-0.1, -0.05) is 12.8 Å². The van der Waals surface area contributed by atoms with Crippen LogP contribution in [0.15, 0.2) is 24.3 Å². The maximum absolute atomic E-state index is 11.7. The Hall–Kier alpha value is -1.55. The van der Waals surface area contributed by atoms with Gasteiger partial charge in [0.2, 0.25) is 0 Å². The van der Waals surface area contributed by atoms with Crippen molar-refractivity contribution in [3.63, 3.8) is 0 Å². The number of carbonyl (C=O) groups is 1. The van der Waals surface area contributed by atoms with E-state index in [-0.39, 0.29) is 18.9 Å². The van der Waals surface area contributed by atoms with E-state index in [9.17, 15) is 4.79 Å². The lowest BCUT2D eigenvalue weighted by atomic mass is 10.2. The van der Waals surface area contributed by atoms with Crippen LogP contribution in [0, 0.1) is 0 Å². The van der Waals surface area contributed by atoms with Crippen LogP contribution in [0.4, 0.5) is 0 Å². The molecule has 1 aliphatic rings. The third-order valence-corrected chi connectivity index (χ3v) is 3.12. The van der Waals surface area contributed by atoms with Crippen LogP contribution in [0.3, 0.4) is 0 Å². The average Bonchev–Trinajstić information content (AvgIpc) is 2.92. The van der Waals surface area contributed by atoms with E-state index < -0.39 is 0 Å². The van der Waals surface area contributed by atoms with Gasteiger partial charge in [-0.15, -0.1) is 0 Å². The normalized spacial score (nSPS) is 15.6. The molecule has 0 spiro atoms. The molecule has 0 bridgehead atoms. The van der Waals surface area contributed by atoms with E-state index in [4.69, 9.17) is 14.2 Å². The highest BCUT2D eigenvalue weighted by Gasteiger charge is 2.16. The van der Waals surface area contributed by atoms with E-state index in [2.05, 4.69) is 0 Å². The van der Waals surface area contributed by atoms with Crippen molar-refractivity contribution in [3.05, 3.63) is 29.8 Å². The van der Waals surface area contributed by atoms with Gasteiger partial charge < -0.3 is 14.2 Å². The Balaban J connectivity index is 1.76. The van der Waals surface area contributed by atoms with Gasteiger partial charge in [-0.25, -0.2) is 4.79 Å². The lowest BCUT2D eigenvalue weighted by molar-refractivity contribution is -0.0628. The molecule has 0 radical (unpaired) electrons. The molecule has 0 aromatic heterocycles. The molecule has 2 rings (SSSR count). The van der Waals surface area contributed by atoms with Gasteiger partial charge in [0, 0.05) is 0 Å². The quantitative estimate of drug-likeness (QED) is 0.595. The van der Waals surface area contributed by atoms with Gasteiger partial charge in [-0.3, -0.25) is 0 Å². The molecule has 0 saturated heterocycles. The lowest BCUT2D eigenvalue weighted by Crippen LogP contribution is -2.14. The summed E-state index contributed by atoms with van der Waals surface area (Å²) in [7, 11) is 1.59. The number of rotatable bonds is 5. The first-order valence-corrected chi connectivity index (χ1v) is 6.22. The fraction of sp³-hybridized carbons (Fsp3) is 0.500. The summed E-state index contributed by atoms with van der Waals surface area (Å²) in [5, 5.41) is 0. The highest BCUT2D eigenvalue weighted by molar-refractivity contribution is 5.89. The van der Waals surface area contributed by atoms with Gasteiger partial charge >= 0.3 is 5.97 Å². The molecule has 1 aromatic rings.